The largest absolute Gasteiger partial charge is 0.497 e. The van der Waals surface area contributed by atoms with Crippen LogP contribution in [0.2, 0.25) is 0 Å². The lowest BCUT2D eigenvalue weighted by molar-refractivity contribution is 0.0942. The van der Waals surface area contributed by atoms with Gasteiger partial charge in [-0.3, -0.25) is 4.79 Å². The van der Waals surface area contributed by atoms with Crippen molar-refractivity contribution in [2.24, 2.45) is 10.2 Å². The van der Waals surface area contributed by atoms with Crippen molar-refractivity contribution < 1.29 is 19.0 Å². The molecule has 4 rings (SSSR count). The first kappa shape index (κ1) is 17.7. The van der Waals surface area contributed by atoms with Crippen LogP contribution in [0.4, 0.5) is 11.4 Å². The first-order chi connectivity index (χ1) is 13.6. The summed E-state index contributed by atoms with van der Waals surface area (Å²) in [5.74, 6) is 1.76. The lowest BCUT2D eigenvalue weighted by Crippen LogP contribution is -2.15. The molecule has 0 saturated heterocycles. The maximum absolute atomic E-state index is 12.8. The highest BCUT2D eigenvalue weighted by Crippen LogP contribution is 2.36. The minimum Gasteiger partial charge on any atom is -0.497 e. The summed E-state index contributed by atoms with van der Waals surface area (Å²) < 4.78 is 17.1. The zero-order chi connectivity index (χ0) is 19.7. The Morgan fingerprint density at radius 3 is 2.57 bits per heavy atom. The minimum atomic E-state index is -0.243. The van der Waals surface area contributed by atoms with Gasteiger partial charge in [0.1, 0.15) is 11.4 Å². The maximum Gasteiger partial charge on any atom is 0.278 e. The molecule has 2 aromatic carbocycles. The molecule has 0 bridgehead atoms. The number of rotatable bonds is 4. The van der Waals surface area contributed by atoms with Gasteiger partial charge in [-0.05, 0) is 50.2 Å². The Hall–Kier alpha value is -3.68. The molecule has 0 saturated carbocycles. The minimum absolute atomic E-state index is 0.203. The van der Waals surface area contributed by atoms with Crippen molar-refractivity contribution >= 4 is 17.3 Å². The summed E-state index contributed by atoms with van der Waals surface area (Å²) in [5, 5.41) is 12.9. The highest BCUT2D eigenvalue weighted by atomic mass is 16.7. The second-order valence-corrected chi connectivity index (χ2v) is 6.20. The van der Waals surface area contributed by atoms with Crippen molar-refractivity contribution in [2.45, 2.75) is 13.8 Å². The summed E-state index contributed by atoms with van der Waals surface area (Å²) in [6.07, 6.45) is 0. The van der Waals surface area contributed by atoms with E-state index < -0.39 is 0 Å². The Kier molecular flexibility index (Phi) is 4.52. The molecule has 0 fully saturated rings. The van der Waals surface area contributed by atoms with Gasteiger partial charge >= 0.3 is 0 Å². The summed E-state index contributed by atoms with van der Waals surface area (Å²) >= 11 is 0. The third kappa shape index (κ3) is 3.20. The van der Waals surface area contributed by atoms with Gasteiger partial charge in [-0.1, -0.05) is 0 Å². The number of aromatic nitrogens is 2. The zero-order valence-electron chi connectivity index (χ0n) is 15.7. The molecule has 0 atom stereocenters. The third-order valence-corrected chi connectivity index (χ3v) is 4.40. The van der Waals surface area contributed by atoms with Crippen LogP contribution >= 0.6 is 0 Å². The summed E-state index contributed by atoms with van der Waals surface area (Å²) in [6.45, 7) is 3.78. The highest BCUT2D eigenvalue weighted by molar-refractivity contribution is 5.96. The molecule has 0 spiro atoms. The number of aryl methyl sites for hydroxylation is 1. The standard InChI is InChI=1S/C20H18N4O4/c1-12-19(22-21-15-6-9-17-18(10-15)28-11-27-17)13(2)24(23-12)20(25)14-4-7-16(26-3)8-5-14/h4-10H,11H2,1-3H3. The zero-order valence-corrected chi connectivity index (χ0v) is 15.7. The van der Waals surface area contributed by atoms with Crippen LogP contribution in [-0.2, 0) is 0 Å². The van der Waals surface area contributed by atoms with Crippen molar-refractivity contribution in [3.8, 4) is 17.2 Å². The second-order valence-electron chi connectivity index (χ2n) is 6.20. The van der Waals surface area contributed by atoms with E-state index in [9.17, 15) is 4.79 Å². The molecule has 1 aromatic heterocycles. The van der Waals surface area contributed by atoms with Crippen LogP contribution in [0.25, 0.3) is 0 Å². The summed E-state index contributed by atoms with van der Waals surface area (Å²) in [6, 6.07) is 12.2. The van der Waals surface area contributed by atoms with Crippen LogP contribution in [0.3, 0.4) is 0 Å². The predicted molar refractivity (Wildman–Crippen MR) is 101 cm³/mol. The van der Waals surface area contributed by atoms with E-state index in [4.69, 9.17) is 14.2 Å². The van der Waals surface area contributed by atoms with E-state index in [1.54, 1.807) is 63.4 Å². The molecule has 3 aromatic rings. The monoisotopic (exact) mass is 378 g/mol. The Balaban J connectivity index is 1.61. The van der Waals surface area contributed by atoms with Gasteiger partial charge in [0.15, 0.2) is 11.5 Å². The van der Waals surface area contributed by atoms with Crippen LogP contribution in [0.15, 0.2) is 52.7 Å². The third-order valence-electron chi connectivity index (χ3n) is 4.40. The second kappa shape index (κ2) is 7.15. The number of nitrogens with zero attached hydrogens (tertiary/aromatic N) is 4. The predicted octanol–water partition coefficient (Wildman–Crippen LogP) is 4.34. The van der Waals surface area contributed by atoms with Gasteiger partial charge in [0.25, 0.3) is 5.91 Å². The van der Waals surface area contributed by atoms with E-state index in [0.717, 1.165) is 0 Å². The molecule has 1 aliphatic heterocycles. The van der Waals surface area contributed by atoms with Crippen LogP contribution in [0.1, 0.15) is 21.7 Å². The average Bonchev–Trinajstić information content (AvgIpc) is 3.29. The van der Waals surface area contributed by atoms with Gasteiger partial charge in [-0.2, -0.15) is 14.9 Å². The van der Waals surface area contributed by atoms with E-state index in [-0.39, 0.29) is 12.7 Å². The molecule has 142 valence electrons. The number of methoxy groups -OCH3 is 1. The van der Waals surface area contributed by atoms with Crippen LogP contribution in [-0.4, -0.2) is 29.6 Å². The molecule has 0 radical (unpaired) electrons. The van der Waals surface area contributed by atoms with Gasteiger partial charge < -0.3 is 14.2 Å². The molecule has 0 N–H and O–H groups in total. The first-order valence-corrected chi connectivity index (χ1v) is 8.63. The number of azo groups is 1. The van der Waals surface area contributed by atoms with E-state index in [1.807, 2.05) is 0 Å². The molecule has 0 unspecified atom stereocenters. The maximum atomic E-state index is 12.8. The van der Waals surface area contributed by atoms with Crippen LogP contribution < -0.4 is 14.2 Å². The number of carbonyl (C=O) groups excluding carboxylic acids is 1. The quantitative estimate of drug-likeness (QED) is 0.630. The lowest BCUT2D eigenvalue weighted by Gasteiger charge is -2.04. The number of fused-ring (bicyclic) bond motifs is 1. The summed E-state index contributed by atoms with van der Waals surface area (Å²) in [4.78, 5) is 12.8. The average molecular weight is 378 g/mol. The first-order valence-electron chi connectivity index (χ1n) is 8.63. The fourth-order valence-corrected chi connectivity index (χ4v) is 2.89. The molecule has 1 aliphatic rings. The lowest BCUT2D eigenvalue weighted by atomic mass is 10.2. The molecule has 28 heavy (non-hydrogen) atoms. The molecule has 0 amide bonds. The van der Waals surface area contributed by atoms with Crippen molar-refractivity contribution in [3.05, 3.63) is 59.4 Å². The van der Waals surface area contributed by atoms with Gasteiger partial charge in [-0.15, -0.1) is 5.11 Å². The number of hydrogen-bond acceptors (Lipinski definition) is 7. The van der Waals surface area contributed by atoms with Crippen molar-refractivity contribution in [3.63, 3.8) is 0 Å². The summed E-state index contributed by atoms with van der Waals surface area (Å²) in [5.41, 5.74) is 2.91. The highest BCUT2D eigenvalue weighted by Gasteiger charge is 2.18. The molecular formula is C20H18N4O4. The van der Waals surface area contributed by atoms with Crippen molar-refractivity contribution in [1.82, 2.24) is 9.78 Å². The Labute approximate surface area is 161 Å². The van der Waals surface area contributed by atoms with E-state index >= 15 is 0 Å². The SMILES string of the molecule is COc1ccc(C(=O)n2nc(C)c(N=Nc3ccc4c(c3)OCO4)c2C)cc1. The van der Waals surface area contributed by atoms with Crippen LogP contribution in [0, 0.1) is 13.8 Å². The Bertz CT molecular complexity index is 1070. The fourth-order valence-electron chi connectivity index (χ4n) is 2.89. The number of hydrogen-bond donors (Lipinski definition) is 0. The van der Waals surface area contributed by atoms with Gasteiger partial charge in [-0.25, -0.2) is 0 Å². The fraction of sp³-hybridized carbons (Fsp3) is 0.200. The molecule has 2 heterocycles. The molecular weight excluding hydrogens is 360 g/mol. The van der Waals surface area contributed by atoms with E-state index in [1.165, 1.54) is 4.68 Å². The topological polar surface area (TPSA) is 87.3 Å². The van der Waals surface area contributed by atoms with Gasteiger partial charge in [0, 0.05) is 11.6 Å². The Morgan fingerprint density at radius 2 is 1.82 bits per heavy atom. The van der Waals surface area contributed by atoms with Crippen LogP contribution in [0.5, 0.6) is 17.2 Å². The number of ether oxygens (including phenoxy) is 3. The smallest absolute Gasteiger partial charge is 0.278 e. The van der Waals surface area contributed by atoms with Crippen molar-refractivity contribution in [2.75, 3.05) is 13.9 Å². The van der Waals surface area contributed by atoms with E-state index in [2.05, 4.69) is 15.3 Å². The Morgan fingerprint density at radius 1 is 1.07 bits per heavy atom. The summed E-state index contributed by atoms with van der Waals surface area (Å²) in [7, 11) is 1.58. The molecule has 0 aliphatic carbocycles. The number of carbonyl (C=O) groups is 1. The molecule has 8 nitrogen and oxygen atoms in total. The normalized spacial score (nSPS) is 12.5. The van der Waals surface area contributed by atoms with Crippen molar-refractivity contribution in [1.29, 1.82) is 0 Å². The van der Waals surface area contributed by atoms with Gasteiger partial charge in [0.05, 0.1) is 24.2 Å². The van der Waals surface area contributed by atoms with E-state index in [0.29, 0.717) is 45.6 Å². The van der Waals surface area contributed by atoms with Gasteiger partial charge in [0.2, 0.25) is 6.79 Å². The number of benzene rings is 2. The molecule has 8 heteroatoms.